The van der Waals surface area contributed by atoms with Gasteiger partial charge in [-0.1, -0.05) is 96.5 Å². The van der Waals surface area contributed by atoms with Gasteiger partial charge in [-0.2, -0.15) is 0 Å². The van der Waals surface area contributed by atoms with Crippen LogP contribution in [0.3, 0.4) is 0 Å². The molecular formula is C36H36N4O8. The summed E-state index contributed by atoms with van der Waals surface area (Å²) in [4.78, 5) is 40.0. The molecular weight excluding hydrogens is 616 g/mol. The molecule has 0 radical (unpaired) electrons. The standard InChI is InChI=1S/4C9H6O2.4H3N/c4*10-9(11)7-6-8-4-2-1-3-5-8;;;;/h4*1-5H,(H,10,11);4*1H3. The highest BCUT2D eigenvalue weighted by atomic mass is 16.4. The van der Waals surface area contributed by atoms with Crippen LogP contribution in [0.25, 0.3) is 0 Å². The first-order chi connectivity index (χ1) is 21.2. The van der Waals surface area contributed by atoms with Gasteiger partial charge < -0.3 is 45.0 Å². The van der Waals surface area contributed by atoms with Crippen molar-refractivity contribution in [2.24, 2.45) is 0 Å². The van der Waals surface area contributed by atoms with Crippen molar-refractivity contribution in [3.05, 3.63) is 144 Å². The van der Waals surface area contributed by atoms with Crippen LogP contribution in [0.1, 0.15) is 22.3 Å². The summed E-state index contributed by atoms with van der Waals surface area (Å²) in [7, 11) is 0. The smallest absolute Gasteiger partial charge is 0.382 e. The van der Waals surface area contributed by atoms with Gasteiger partial charge in [-0.05, 0) is 48.5 Å². The fourth-order valence-corrected chi connectivity index (χ4v) is 2.59. The first-order valence-electron chi connectivity index (χ1n) is 12.4. The summed E-state index contributed by atoms with van der Waals surface area (Å²) < 4.78 is 0. The number of hydrogen-bond donors (Lipinski definition) is 8. The van der Waals surface area contributed by atoms with E-state index in [0.717, 1.165) is 22.3 Å². The third kappa shape index (κ3) is 27.7. The molecule has 0 aromatic heterocycles. The zero-order chi connectivity index (χ0) is 32.4. The molecule has 12 nitrogen and oxygen atoms in total. The van der Waals surface area contributed by atoms with E-state index in [1.807, 2.05) is 96.5 Å². The Morgan fingerprint density at radius 3 is 0.583 bits per heavy atom. The second kappa shape index (κ2) is 29.9. The van der Waals surface area contributed by atoms with E-state index in [9.17, 15) is 19.2 Å². The Balaban J connectivity index is -0.000000262. The quantitative estimate of drug-likeness (QED) is 0.115. The summed E-state index contributed by atoms with van der Waals surface area (Å²) in [5, 5.41) is 32.8. The van der Waals surface area contributed by atoms with E-state index in [-0.39, 0.29) is 24.6 Å². The molecule has 0 saturated heterocycles. The molecule has 0 saturated carbocycles. The van der Waals surface area contributed by atoms with E-state index in [4.69, 9.17) is 20.4 Å². The highest BCUT2D eigenvalue weighted by Gasteiger charge is 1.87. The number of carboxylic acid groups (broad SMARTS) is 4. The Morgan fingerprint density at radius 1 is 0.312 bits per heavy atom. The molecule has 0 aliphatic carbocycles. The molecule has 12 heteroatoms. The van der Waals surface area contributed by atoms with E-state index in [1.165, 1.54) is 0 Å². The largest absolute Gasteiger partial charge is 0.472 e. The molecule has 16 N–H and O–H groups in total. The van der Waals surface area contributed by atoms with Gasteiger partial charge in [-0.15, -0.1) is 0 Å². The van der Waals surface area contributed by atoms with Crippen molar-refractivity contribution in [3.63, 3.8) is 0 Å². The summed E-state index contributed by atoms with van der Waals surface area (Å²) in [6.07, 6.45) is 0. The molecule has 0 spiro atoms. The van der Waals surface area contributed by atoms with Gasteiger partial charge in [0, 0.05) is 45.9 Å². The molecule has 0 heterocycles. The number of benzene rings is 4. The molecule has 0 unspecified atom stereocenters. The van der Waals surface area contributed by atoms with Gasteiger partial charge in [-0.3, -0.25) is 0 Å². The summed E-state index contributed by atoms with van der Waals surface area (Å²) in [6, 6.07) is 36.0. The van der Waals surface area contributed by atoms with Gasteiger partial charge in [0.2, 0.25) is 0 Å². The van der Waals surface area contributed by atoms with E-state index < -0.39 is 23.9 Å². The van der Waals surface area contributed by atoms with Crippen LogP contribution in [-0.4, -0.2) is 44.3 Å². The van der Waals surface area contributed by atoms with Gasteiger partial charge in [-0.25, -0.2) is 19.2 Å². The minimum atomic E-state index is -1.10. The van der Waals surface area contributed by atoms with Crippen LogP contribution in [0.2, 0.25) is 0 Å². The van der Waals surface area contributed by atoms with E-state index in [2.05, 4.69) is 23.7 Å². The zero-order valence-corrected chi connectivity index (χ0v) is 25.8. The monoisotopic (exact) mass is 652 g/mol. The second-order valence-electron chi connectivity index (χ2n) is 7.68. The molecule has 0 amide bonds. The Kier molecular flexibility index (Phi) is 29.7. The van der Waals surface area contributed by atoms with Crippen molar-refractivity contribution < 1.29 is 39.6 Å². The summed E-state index contributed by atoms with van der Waals surface area (Å²) >= 11 is 0. The first kappa shape index (κ1) is 47.8. The number of carbonyl (C=O) groups is 4. The van der Waals surface area contributed by atoms with Crippen molar-refractivity contribution in [1.82, 2.24) is 24.6 Å². The van der Waals surface area contributed by atoms with Crippen LogP contribution >= 0.6 is 0 Å². The van der Waals surface area contributed by atoms with Crippen molar-refractivity contribution in [1.29, 1.82) is 0 Å². The zero-order valence-electron chi connectivity index (χ0n) is 25.8. The maximum absolute atomic E-state index is 10.00. The lowest BCUT2D eigenvalue weighted by Gasteiger charge is -1.83. The van der Waals surface area contributed by atoms with Gasteiger partial charge in [0.05, 0.1) is 0 Å². The third-order valence-corrected chi connectivity index (χ3v) is 4.35. The van der Waals surface area contributed by atoms with E-state index >= 15 is 0 Å². The van der Waals surface area contributed by atoms with Crippen LogP contribution in [0, 0.1) is 47.4 Å². The lowest BCUT2D eigenvalue weighted by molar-refractivity contribution is -0.131. The average Bonchev–Trinajstić information content (AvgIpc) is 3.04. The van der Waals surface area contributed by atoms with Crippen LogP contribution in [0.5, 0.6) is 0 Å². The minimum absolute atomic E-state index is 0. The molecule has 0 aliphatic heterocycles. The highest BCUT2D eigenvalue weighted by Crippen LogP contribution is 1.96. The van der Waals surface area contributed by atoms with Crippen LogP contribution in [0.4, 0.5) is 0 Å². The lowest BCUT2D eigenvalue weighted by Crippen LogP contribution is -1.86. The molecule has 4 rings (SSSR count). The SMILES string of the molecule is N.N.N.N.O=C(O)C#Cc1ccccc1.O=C(O)C#Cc1ccccc1.O=C(O)C#Cc1ccccc1.O=C(O)C#Cc1ccccc1. The topological polar surface area (TPSA) is 289 Å². The third-order valence-electron chi connectivity index (χ3n) is 4.35. The van der Waals surface area contributed by atoms with Crippen molar-refractivity contribution in [2.45, 2.75) is 0 Å². The molecule has 0 aliphatic rings. The molecule has 48 heavy (non-hydrogen) atoms. The molecule has 0 atom stereocenters. The van der Waals surface area contributed by atoms with Crippen molar-refractivity contribution in [3.8, 4) is 47.4 Å². The molecule has 4 aromatic carbocycles. The van der Waals surface area contributed by atoms with Crippen LogP contribution in [-0.2, 0) is 19.2 Å². The van der Waals surface area contributed by atoms with E-state index in [0.29, 0.717) is 0 Å². The summed E-state index contributed by atoms with van der Waals surface area (Å²) in [5.41, 5.74) is 2.87. The average molecular weight is 653 g/mol. The maximum Gasteiger partial charge on any atom is 0.382 e. The van der Waals surface area contributed by atoms with Gasteiger partial charge in [0.25, 0.3) is 0 Å². The normalized spacial score (nSPS) is 7.33. The van der Waals surface area contributed by atoms with Crippen molar-refractivity contribution >= 4 is 23.9 Å². The number of aliphatic carboxylic acids is 4. The molecule has 0 fully saturated rings. The highest BCUT2D eigenvalue weighted by molar-refractivity contribution is 5.88. The summed E-state index contributed by atoms with van der Waals surface area (Å²) in [6.45, 7) is 0. The Bertz CT molecular complexity index is 1500. The van der Waals surface area contributed by atoms with Crippen LogP contribution < -0.4 is 24.6 Å². The Morgan fingerprint density at radius 2 is 0.458 bits per heavy atom. The Labute approximate surface area is 278 Å². The molecule has 4 aromatic rings. The second-order valence-corrected chi connectivity index (χ2v) is 7.68. The maximum atomic E-state index is 10.00. The van der Waals surface area contributed by atoms with E-state index in [1.54, 1.807) is 48.5 Å². The predicted molar refractivity (Wildman–Crippen MR) is 184 cm³/mol. The van der Waals surface area contributed by atoms with Gasteiger partial charge in [0.15, 0.2) is 0 Å². The number of rotatable bonds is 0. The summed E-state index contributed by atoms with van der Waals surface area (Å²) in [5.74, 6) is 13.7. The predicted octanol–water partition coefficient (Wildman–Crippen LogP) is 5.14. The fourth-order valence-electron chi connectivity index (χ4n) is 2.59. The number of hydrogen-bond acceptors (Lipinski definition) is 8. The lowest BCUT2D eigenvalue weighted by atomic mass is 10.2. The molecule has 0 bridgehead atoms. The van der Waals surface area contributed by atoms with Crippen LogP contribution in [0.15, 0.2) is 121 Å². The number of carboxylic acids is 4. The van der Waals surface area contributed by atoms with Gasteiger partial charge >= 0.3 is 23.9 Å². The minimum Gasteiger partial charge on any atom is -0.472 e. The fraction of sp³-hybridized carbons (Fsp3) is 0. The van der Waals surface area contributed by atoms with Crippen molar-refractivity contribution in [2.75, 3.05) is 0 Å². The Hall–Kier alpha value is -7.16. The molecule has 248 valence electrons. The van der Waals surface area contributed by atoms with Gasteiger partial charge in [0.1, 0.15) is 0 Å². The first-order valence-corrected chi connectivity index (χ1v) is 12.4.